The van der Waals surface area contributed by atoms with Gasteiger partial charge >= 0.3 is 18.0 Å². The Kier molecular flexibility index (Phi) is 12.3. The molecule has 0 saturated heterocycles. The SMILES string of the molecule is CC(COC(=O)[C@@H](NC(=O)OCc1ccccc1)C(C)C)OC(=O)CCCCI. The highest BCUT2D eigenvalue weighted by atomic mass is 127. The minimum atomic E-state index is -0.857. The first-order valence-corrected chi connectivity index (χ1v) is 11.2. The lowest BCUT2D eigenvalue weighted by molar-refractivity contribution is -0.159. The zero-order valence-electron chi connectivity index (χ0n) is 17.2. The molecule has 1 N–H and O–H groups in total. The first-order valence-electron chi connectivity index (χ1n) is 9.72. The van der Waals surface area contributed by atoms with Crippen molar-refractivity contribution < 1.29 is 28.6 Å². The van der Waals surface area contributed by atoms with E-state index in [0.29, 0.717) is 6.42 Å². The highest BCUT2D eigenvalue weighted by molar-refractivity contribution is 14.1. The number of benzene rings is 1. The molecule has 2 atom stereocenters. The Morgan fingerprint density at radius 2 is 1.72 bits per heavy atom. The van der Waals surface area contributed by atoms with E-state index >= 15 is 0 Å². The van der Waals surface area contributed by atoms with Gasteiger partial charge in [0.05, 0.1) is 0 Å². The molecule has 162 valence electrons. The Bertz CT molecular complexity index is 637. The van der Waals surface area contributed by atoms with Crippen LogP contribution in [0, 0.1) is 5.92 Å². The van der Waals surface area contributed by atoms with Gasteiger partial charge in [0, 0.05) is 6.42 Å². The molecule has 7 nitrogen and oxygen atoms in total. The van der Waals surface area contributed by atoms with E-state index in [1.54, 1.807) is 20.8 Å². The number of unbranched alkanes of at least 4 members (excludes halogenated alkanes) is 1. The van der Waals surface area contributed by atoms with Crippen molar-refractivity contribution in [2.24, 2.45) is 5.92 Å². The average Bonchev–Trinajstić information content (AvgIpc) is 2.69. The first-order chi connectivity index (χ1) is 13.8. The Morgan fingerprint density at radius 1 is 1.03 bits per heavy atom. The molecule has 1 amide bonds. The predicted molar refractivity (Wildman–Crippen MR) is 118 cm³/mol. The molecule has 29 heavy (non-hydrogen) atoms. The van der Waals surface area contributed by atoms with Gasteiger partial charge in [0.1, 0.15) is 25.4 Å². The van der Waals surface area contributed by atoms with E-state index in [1.807, 2.05) is 30.3 Å². The van der Waals surface area contributed by atoms with Crippen LogP contribution in [0.3, 0.4) is 0 Å². The summed E-state index contributed by atoms with van der Waals surface area (Å²) >= 11 is 2.26. The summed E-state index contributed by atoms with van der Waals surface area (Å²) in [5, 5.41) is 2.54. The van der Waals surface area contributed by atoms with Gasteiger partial charge < -0.3 is 19.5 Å². The molecule has 0 radical (unpaired) electrons. The Morgan fingerprint density at radius 3 is 2.34 bits per heavy atom. The standard InChI is InChI=1S/C21H30INO6/c1-15(2)19(23-21(26)28-14-17-9-5-4-6-10-17)20(25)27-13-16(3)29-18(24)11-7-8-12-22/h4-6,9-10,15-16,19H,7-8,11-14H2,1-3H3,(H,23,26)/t16?,19-/m0/s1. The largest absolute Gasteiger partial charge is 0.460 e. The molecular formula is C21H30INO6. The first kappa shape index (κ1) is 25.2. The van der Waals surface area contributed by atoms with E-state index in [1.165, 1.54) is 0 Å². The summed E-state index contributed by atoms with van der Waals surface area (Å²) in [4.78, 5) is 36.1. The van der Waals surface area contributed by atoms with Gasteiger partial charge in [-0.05, 0) is 35.7 Å². The second-order valence-corrected chi connectivity index (χ2v) is 8.08. The van der Waals surface area contributed by atoms with Gasteiger partial charge in [0.15, 0.2) is 0 Å². The summed E-state index contributed by atoms with van der Waals surface area (Å²) in [5.41, 5.74) is 0.848. The normalized spacial score (nSPS) is 12.7. The number of carbonyl (C=O) groups is 3. The van der Waals surface area contributed by atoms with Crippen LogP contribution in [0.2, 0.25) is 0 Å². The highest BCUT2D eigenvalue weighted by Gasteiger charge is 2.27. The Balaban J connectivity index is 2.40. The van der Waals surface area contributed by atoms with Crippen LogP contribution in [0.4, 0.5) is 4.79 Å². The number of esters is 2. The van der Waals surface area contributed by atoms with E-state index in [0.717, 1.165) is 22.8 Å². The van der Waals surface area contributed by atoms with Gasteiger partial charge in [-0.3, -0.25) is 4.79 Å². The molecule has 1 aromatic carbocycles. The number of nitrogens with one attached hydrogen (secondary N) is 1. The van der Waals surface area contributed by atoms with Gasteiger partial charge in [-0.1, -0.05) is 66.8 Å². The summed E-state index contributed by atoms with van der Waals surface area (Å²) in [7, 11) is 0. The minimum Gasteiger partial charge on any atom is -0.460 e. The van der Waals surface area contributed by atoms with Crippen LogP contribution in [-0.4, -0.2) is 41.2 Å². The van der Waals surface area contributed by atoms with E-state index in [-0.39, 0.29) is 25.1 Å². The van der Waals surface area contributed by atoms with Gasteiger partial charge in [0.25, 0.3) is 0 Å². The molecule has 0 bridgehead atoms. The molecule has 1 aromatic rings. The molecule has 0 spiro atoms. The van der Waals surface area contributed by atoms with Crippen molar-refractivity contribution in [3.05, 3.63) is 35.9 Å². The average molecular weight is 519 g/mol. The number of amides is 1. The third-order valence-corrected chi connectivity index (χ3v) is 4.73. The number of alkyl halides is 1. The zero-order valence-corrected chi connectivity index (χ0v) is 19.3. The van der Waals surface area contributed by atoms with Crippen LogP contribution < -0.4 is 5.32 Å². The molecule has 0 aliphatic rings. The zero-order chi connectivity index (χ0) is 21.6. The maximum Gasteiger partial charge on any atom is 0.408 e. The van der Waals surface area contributed by atoms with Crippen LogP contribution in [0.15, 0.2) is 30.3 Å². The predicted octanol–water partition coefficient (Wildman–Crippen LogP) is 4.02. The van der Waals surface area contributed by atoms with Crippen LogP contribution in [0.1, 0.15) is 45.6 Å². The van der Waals surface area contributed by atoms with Crippen molar-refractivity contribution in [1.29, 1.82) is 0 Å². The molecule has 0 saturated carbocycles. The van der Waals surface area contributed by atoms with Crippen molar-refractivity contribution in [3.8, 4) is 0 Å². The summed E-state index contributed by atoms with van der Waals surface area (Å²) in [6.45, 7) is 5.29. The van der Waals surface area contributed by atoms with Crippen molar-refractivity contribution in [2.45, 2.75) is 58.8 Å². The second kappa shape index (κ2) is 14.2. The molecular weight excluding hydrogens is 489 g/mol. The molecule has 1 rings (SSSR count). The Labute approximate surface area is 186 Å². The van der Waals surface area contributed by atoms with Gasteiger partial charge in [-0.15, -0.1) is 0 Å². The van der Waals surface area contributed by atoms with E-state index < -0.39 is 24.2 Å². The lowest BCUT2D eigenvalue weighted by atomic mass is 10.1. The summed E-state index contributed by atoms with van der Waals surface area (Å²) < 4.78 is 16.6. The van der Waals surface area contributed by atoms with Crippen LogP contribution >= 0.6 is 22.6 Å². The van der Waals surface area contributed by atoms with E-state index in [2.05, 4.69) is 27.9 Å². The molecule has 8 heteroatoms. The highest BCUT2D eigenvalue weighted by Crippen LogP contribution is 2.08. The number of carbonyl (C=O) groups excluding carboxylic acids is 3. The third kappa shape index (κ3) is 11.1. The Hall–Kier alpha value is -1.84. The summed E-state index contributed by atoms with van der Waals surface area (Å²) in [5.74, 6) is -1.09. The smallest absolute Gasteiger partial charge is 0.408 e. The number of alkyl carbamates (subject to hydrolysis) is 1. The molecule has 0 aliphatic carbocycles. The second-order valence-electron chi connectivity index (χ2n) is 7.00. The number of ether oxygens (including phenoxy) is 3. The number of rotatable bonds is 12. The van der Waals surface area contributed by atoms with Crippen LogP contribution in [0.25, 0.3) is 0 Å². The fraction of sp³-hybridized carbons (Fsp3) is 0.571. The number of hydrogen-bond acceptors (Lipinski definition) is 6. The summed E-state index contributed by atoms with van der Waals surface area (Å²) in [6, 6.07) is 8.39. The lowest BCUT2D eigenvalue weighted by Crippen LogP contribution is -2.46. The molecule has 0 heterocycles. The summed E-state index contributed by atoms with van der Waals surface area (Å²) in [6.07, 6.45) is 0.841. The number of hydrogen-bond donors (Lipinski definition) is 1. The topological polar surface area (TPSA) is 90.9 Å². The van der Waals surface area contributed by atoms with Gasteiger partial charge in [0.2, 0.25) is 0 Å². The van der Waals surface area contributed by atoms with Crippen molar-refractivity contribution in [1.82, 2.24) is 5.32 Å². The number of halogens is 1. The maximum absolute atomic E-state index is 12.4. The van der Waals surface area contributed by atoms with Crippen LogP contribution in [-0.2, 0) is 30.4 Å². The fourth-order valence-corrected chi connectivity index (χ4v) is 2.90. The van der Waals surface area contributed by atoms with E-state index in [9.17, 15) is 14.4 Å². The molecule has 1 unspecified atom stereocenters. The van der Waals surface area contributed by atoms with Gasteiger partial charge in [-0.2, -0.15) is 0 Å². The van der Waals surface area contributed by atoms with Crippen molar-refractivity contribution in [2.75, 3.05) is 11.0 Å². The third-order valence-electron chi connectivity index (χ3n) is 3.96. The lowest BCUT2D eigenvalue weighted by Gasteiger charge is -2.21. The van der Waals surface area contributed by atoms with Crippen LogP contribution in [0.5, 0.6) is 0 Å². The fourth-order valence-electron chi connectivity index (χ4n) is 2.36. The maximum atomic E-state index is 12.4. The van der Waals surface area contributed by atoms with Crippen molar-refractivity contribution >= 4 is 40.6 Å². The quantitative estimate of drug-likeness (QED) is 0.148. The molecule has 0 fully saturated rings. The van der Waals surface area contributed by atoms with Crippen molar-refractivity contribution in [3.63, 3.8) is 0 Å². The monoisotopic (exact) mass is 519 g/mol. The minimum absolute atomic E-state index is 0.0686. The molecule has 0 aromatic heterocycles. The van der Waals surface area contributed by atoms with E-state index in [4.69, 9.17) is 14.2 Å². The van der Waals surface area contributed by atoms with Gasteiger partial charge in [-0.25, -0.2) is 9.59 Å². The molecule has 0 aliphatic heterocycles.